The van der Waals surface area contributed by atoms with E-state index in [2.05, 4.69) is 5.32 Å². The Hall–Kier alpha value is -2.83. The van der Waals surface area contributed by atoms with E-state index in [0.717, 1.165) is 17.4 Å². The van der Waals surface area contributed by atoms with Crippen LogP contribution in [0.1, 0.15) is 19.4 Å². The van der Waals surface area contributed by atoms with Crippen LogP contribution in [0, 0.1) is 15.9 Å². The summed E-state index contributed by atoms with van der Waals surface area (Å²) >= 11 is 0. The van der Waals surface area contributed by atoms with E-state index in [9.17, 15) is 14.5 Å². The third-order valence-corrected chi connectivity index (χ3v) is 3.24. The Morgan fingerprint density at radius 1 is 1.25 bits per heavy atom. The molecule has 0 bridgehead atoms. The number of nitro groups is 1. The molecule has 0 amide bonds. The molecular weight excluding hydrogens is 315 g/mol. The van der Waals surface area contributed by atoms with Crippen molar-refractivity contribution in [2.75, 3.05) is 12.4 Å². The number of benzene rings is 2. The second-order valence-corrected chi connectivity index (χ2v) is 5.43. The molecule has 0 saturated heterocycles. The van der Waals surface area contributed by atoms with Crippen molar-refractivity contribution in [1.82, 2.24) is 0 Å². The van der Waals surface area contributed by atoms with Gasteiger partial charge in [-0.2, -0.15) is 0 Å². The summed E-state index contributed by atoms with van der Waals surface area (Å²) in [5.41, 5.74) is 0.762. The number of methoxy groups -OCH3 is 1. The standard InChI is InChI=1S/C17H19FN2O4/c1-11(2)24-13-6-4-12(5-7-13)10-19-15-9-17(23-3)14(18)8-16(15)20(21)22/h4-9,11,19H,10H2,1-3H3. The molecule has 6 nitrogen and oxygen atoms in total. The van der Waals surface area contributed by atoms with Crippen LogP contribution in [0.5, 0.6) is 11.5 Å². The zero-order valence-electron chi connectivity index (χ0n) is 13.7. The first-order valence-corrected chi connectivity index (χ1v) is 7.42. The first-order valence-electron chi connectivity index (χ1n) is 7.42. The van der Waals surface area contributed by atoms with Crippen molar-refractivity contribution >= 4 is 11.4 Å². The average molecular weight is 334 g/mol. The molecule has 0 aliphatic carbocycles. The molecule has 0 fully saturated rings. The molecule has 7 heteroatoms. The van der Waals surface area contributed by atoms with Crippen molar-refractivity contribution < 1.29 is 18.8 Å². The van der Waals surface area contributed by atoms with Gasteiger partial charge < -0.3 is 14.8 Å². The van der Waals surface area contributed by atoms with Gasteiger partial charge in [-0.3, -0.25) is 10.1 Å². The van der Waals surface area contributed by atoms with Gasteiger partial charge in [0, 0.05) is 12.6 Å². The third kappa shape index (κ3) is 4.34. The topological polar surface area (TPSA) is 73.6 Å². The molecule has 128 valence electrons. The SMILES string of the molecule is COc1cc(NCc2ccc(OC(C)C)cc2)c([N+](=O)[O-])cc1F. The van der Waals surface area contributed by atoms with E-state index < -0.39 is 10.7 Å². The molecule has 2 aromatic carbocycles. The monoisotopic (exact) mass is 334 g/mol. The van der Waals surface area contributed by atoms with Crippen molar-refractivity contribution in [3.63, 3.8) is 0 Å². The summed E-state index contributed by atoms with van der Waals surface area (Å²) in [6.07, 6.45) is 0.0864. The molecule has 0 aliphatic heterocycles. The fraction of sp³-hybridized carbons (Fsp3) is 0.294. The summed E-state index contributed by atoms with van der Waals surface area (Å²) in [5, 5.41) is 14.0. The van der Waals surface area contributed by atoms with Gasteiger partial charge >= 0.3 is 0 Å². The second-order valence-electron chi connectivity index (χ2n) is 5.43. The number of ether oxygens (including phenoxy) is 2. The minimum absolute atomic E-state index is 0.0521. The molecule has 2 rings (SSSR count). The van der Waals surface area contributed by atoms with Gasteiger partial charge in [0.05, 0.1) is 24.2 Å². The smallest absolute Gasteiger partial charge is 0.295 e. The zero-order chi connectivity index (χ0) is 17.7. The number of halogens is 1. The fourth-order valence-electron chi connectivity index (χ4n) is 2.15. The summed E-state index contributed by atoms with van der Waals surface area (Å²) in [7, 11) is 1.31. The van der Waals surface area contributed by atoms with Gasteiger partial charge in [-0.05, 0) is 31.5 Å². The minimum atomic E-state index is -0.773. The molecule has 24 heavy (non-hydrogen) atoms. The van der Waals surface area contributed by atoms with Crippen LogP contribution < -0.4 is 14.8 Å². The van der Waals surface area contributed by atoms with Crippen LogP contribution in [0.15, 0.2) is 36.4 Å². The quantitative estimate of drug-likeness (QED) is 0.608. The van der Waals surface area contributed by atoms with Gasteiger partial charge in [-0.1, -0.05) is 12.1 Å². The highest BCUT2D eigenvalue weighted by Gasteiger charge is 2.18. The predicted molar refractivity (Wildman–Crippen MR) is 89.1 cm³/mol. The van der Waals surface area contributed by atoms with E-state index in [0.29, 0.717) is 6.54 Å². The molecule has 0 unspecified atom stereocenters. The Balaban J connectivity index is 2.14. The lowest BCUT2D eigenvalue weighted by Gasteiger charge is -2.12. The highest BCUT2D eigenvalue weighted by Crippen LogP contribution is 2.32. The Morgan fingerprint density at radius 3 is 2.46 bits per heavy atom. The summed E-state index contributed by atoms with van der Waals surface area (Å²) < 4.78 is 24.1. The third-order valence-electron chi connectivity index (χ3n) is 3.24. The van der Waals surface area contributed by atoms with Crippen LogP contribution in [-0.2, 0) is 6.54 Å². The van der Waals surface area contributed by atoms with Crippen LogP contribution in [0.4, 0.5) is 15.8 Å². The van der Waals surface area contributed by atoms with E-state index in [4.69, 9.17) is 9.47 Å². The number of rotatable bonds is 7. The van der Waals surface area contributed by atoms with Crippen molar-refractivity contribution in [2.45, 2.75) is 26.5 Å². The van der Waals surface area contributed by atoms with Crippen LogP contribution in [-0.4, -0.2) is 18.1 Å². The molecule has 1 N–H and O–H groups in total. The largest absolute Gasteiger partial charge is 0.494 e. The molecule has 0 atom stereocenters. The minimum Gasteiger partial charge on any atom is -0.494 e. The molecule has 0 radical (unpaired) electrons. The highest BCUT2D eigenvalue weighted by molar-refractivity contribution is 5.64. The number of nitro benzene ring substituents is 1. The summed E-state index contributed by atoms with van der Waals surface area (Å²) in [5.74, 6) is -0.0723. The fourth-order valence-corrected chi connectivity index (χ4v) is 2.15. The lowest BCUT2D eigenvalue weighted by atomic mass is 10.2. The Kier molecular flexibility index (Phi) is 5.57. The van der Waals surface area contributed by atoms with Crippen LogP contribution in [0.25, 0.3) is 0 Å². The summed E-state index contributed by atoms with van der Waals surface area (Å²) in [6, 6.07) is 9.51. The van der Waals surface area contributed by atoms with E-state index in [1.807, 2.05) is 38.1 Å². The summed E-state index contributed by atoms with van der Waals surface area (Å²) in [4.78, 5) is 10.4. The van der Waals surface area contributed by atoms with Crippen molar-refractivity contribution in [3.8, 4) is 11.5 Å². The maximum atomic E-state index is 13.6. The molecule has 2 aromatic rings. The number of hydrogen-bond acceptors (Lipinski definition) is 5. The van der Waals surface area contributed by atoms with Gasteiger partial charge in [0.25, 0.3) is 5.69 Å². The van der Waals surface area contributed by atoms with E-state index in [1.165, 1.54) is 13.2 Å². The van der Waals surface area contributed by atoms with Gasteiger partial charge in [0.15, 0.2) is 11.6 Å². The van der Waals surface area contributed by atoms with Crippen LogP contribution >= 0.6 is 0 Å². The van der Waals surface area contributed by atoms with Gasteiger partial charge in [-0.25, -0.2) is 4.39 Å². The predicted octanol–water partition coefficient (Wildman–Crippen LogP) is 4.14. The molecular formula is C17H19FN2O4. The molecule has 0 saturated carbocycles. The number of anilines is 1. The maximum Gasteiger partial charge on any atom is 0.295 e. The first-order chi connectivity index (χ1) is 11.4. The molecule has 0 aromatic heterocycles. The number of nitrogens with one attached hydrogen (secondary N) is 1. The molecule has 0 spiro atoms. The normalized spacial score (nSPS) is 10.5. The zero-order valence-corrected chi connectivity index (χ0v) is 13.7. The molecule has 0 aliphatic rings. The maximum absolute atomic E-state index is 13.6. The first kappa shape index (κ1) is 17.5. The molecule has 0 heterocycles. The second kappa shape index (κ2) is 7.63. The van der Waals surface area contributed by atoms with E-state index >= 15 is 0 Å². The van der Waals surface area contributed by atoms with E-state index in [-0.39, 0.29) is 23.2 Å². The number of nitrogens with zero attached hydrogens (tertiary/aromatic N) is 1. The summed E-state index contributed by atoms with van der Waals surface area (Å²) in [6.45, 7) is 4.23. The number of hydrogen-bond donors (Lipinski definition) is 1. The van der Waals surface area contributed by atoms with E-state index in [1.54, 1.807) is 0 Å². The van der Waals surface area contributed by atoms with Gasteiger partial charge in [-0.15, -0.1) is 0 Å². The van der Waals surface area contributed by atoms with Crippen LogP contribution in [0.2, 0.25) is 0 Å². The van der Waals surface area contributed by atoms with Gasteiger partial charge in [0.2, 0.25) is 0 Å². The van der Waals surface area contributed by atoms with Crippen molar-refractivity contribution in [1.29, 1.82) is 0 Å². The van der Waals surface area contributed by atoms with Crippen molar-refractivity contribution in [3.05, 3.63) is 57.9 Å². The highest BCUT2D eigenvalue weighted by atomic mass is 19.1. The Labute approximate surface area is 139 Å². The lowest BCUT2D eigenvalue weighted by Crippen LogP contribution is -2.06. The Morgan fingerprint density at radius 2 is 1.92 bits per heavy atom. The van der Waals surface area contributed by atoms with Crippen LogP contribution in [0.3, 0.4) is 0 Å². The average Bonchev–Trinajstić information content (AvgIpc) is 2.54. The van der Waals surface area contributed by atoms with Crippen molar-refractivity contribution in [2.24, 2.45) is 0 Å². The lowest BCUT2D eigenvalue weighted by molar-refractivity contribution is -0.384. The van der Waals surface area contributed by atoms with Gasteiger partial charge in [0.1, 0.15) is 11.4 Å². The Bertz CT molecular complexity index is 717.